The normalized spacial score (nSPS) is 34.6. The van der Waals surface area contributed by atoms with Crippen LogP contribution in [0.15, 0.2) is 36.4 Å². The molecule has 5 fully saturated rings. The fraction of sp³-hybridized carbons (Fsp3) is 0.831. The number of aliphatic hydroxyl groups is 5. The van der Waals surface area contributed by atoms with Gasteiger partial charge in [-0.05, 0) is 71.4 Å². The van der Waals surface area contributed by atoms with Crippen LogP contribution in [-0.2, 0) is 76.0 Å². The van der Waals surface area contributed by atoms with Crippen molar-refractivity contribution in [3.8, 4) is 0 Å². The van der Waals surface area contributed by atoms with Crippen LogP contribution in [0.5, 0.6) is 0 Å². The SMILES string of the molecule is CCCCCCCCCCCC(=O)OC1C(C)OC(OC2C(C)OC(OC3C(C)OC4OC5C(OC(CCCCC)CCCCCCCCCC(=O)OC4C3O)OC(C)C(O)C5O)C(O)C2OC(=O)CCCCCCCCC)C(OC(=O)C=Cc2ccccc2)C1O. The van der Waals surface area contributed by atoms with Crippen molar-refractivity contribution in [3.63, 3.8) is 0 Å². The average molecular weight is 1310 g/mol. The molecule has 0 aliphatic carbocycles. The van der Waals surface area contributed by atoms with Crippen molar-refractivity contribution in [2.45, 2.75) is 376 Å². The van der Waals surface area contributed by atoms with Crippen LogP contribution >= 0.6 is 0 Å². The van der Waals surface area contributed by atoms with Gasteiger partial charge in [0.25, 0.3) is 0 Å². The second-order valence-corrected chi connectivity index (χ2v) is 26.3. The minimum Gasteiger partial charge on any atom is -0.457 e. The highest BCUT2D eigenvalue weighted by atomic mass is 16.8. The summed E-state index contributed by atoms with van der Waals surface area (Å²) in [5, 5.41) is 60.1. The van der Waals surface area contributed by atoms with Gasteiger partial charge in [-0.15, -0.1) is 0 Å². The summed E-state index contributed by atoms with van der Waals surface area (Å²) < 4.78 is 75.9. The Morgan fingerprint density at radius 1 is 0.467 bits per heavy atom. The zero-order valence-corrected chi connectivity index (χ0v) is 56.4. The lowest BCUT2D eigenvalue weighted by molar-refractivity contribution is -0.387. The molecule has 0 amide bonds. The van der Waals surface area contributed by atoms with Crippen LogP contribution in [-0.4, -0.2) is 178 Å². The Labute approximate surface area is 547 Å². The zero-order valence-electron chi connectivity index (χ0n) is 56.4. The number of rotatable bonds is 31. The Kier molecular flexibility index (Phi) is 35.4. The highest BCUT2D eigenvalue weighted by Gasteiger charge is 2.57. The predicted octanol–water partition coefficient (Wildman–Crippen LogP) is 10.8. The monoisotopic (exact) mass is 1300 g/mol. The molecule has 0 aromatic heterocycles. The topological polar surface area (TPSA) is 280 Å². The Morgan fingerprint density at radius 3 is 1.61 bits per heavy atom. The van der Waals surface area contributed by atoms with Gasteiger partial charge in [0.15, 0.2) is 49.6 Å². The summed E-state index contributed by atoms with van der Waals surface area (Å²) in [7, 11) is 0. The van der Waals surface area contributed by atoms with Crippen molar-refractivity contribution in [2.24, 2.45) is 0 Å². The second-order valence-electron chi connectivity index (χ2n) is 26.3. The first kappa shape index (κ1) is 77.3. The van der Waals surface area contributed by atoms with Gasteiger partial charge < -0.3 is 82.4 Å². The molecule has 1 aromatic carbocycles. The number of carbonyl (C=O) groups is 4. The Hall–Kier alpha value is -3.68. The molecule has 21 unspecified atom stereocenters. The lowest BCUT2D eigenvalue weighted by Crippen LogP contribution is -2.67. The van der Waals surface area contributed by atoms with E-state index in [1.807, 2.05) is 6.07 Å². The molecule has 1 aromatic rings. The van der Waals surface area contributed by atoms with E-state index < -0.39 is 147 Å². The standard InChI is InChI=1S/C71H116O21/c1-8-11-14-16-18-19-23-27-34-41-52(72)86-61-47(5)83-70(66(58(61)78)89-55(75)45-44-50-37-31-29-32-38-50)91-63-49(7)82-68(60(80)64(63)87-53(73)42-35-26-21-17-15-12-9-2)90-62-48(6)84-71-67(59(62)79)88-54(74)43-36-28-24-20-22-25-33-40-51(39-30-13-10-3)85-69-65(92-71)57(77)56(76)46(4)81-69/h29,31-32,37-38,44-49,51,56-71,76-80H,8-28,30,33-36,39-43H2,1-7H3. The van der Waals surface area contributed by atoms with Gasteiger partial charge in [-0.2, -0.15) is 0 Å². The fourth-order valence-corrected chi connectivity index (χ4v) is 12.9. The third-order valence-electron chi connectivity index (χ3n) is 18.5. The first-order valence-electron chi connectivity index (χ1n) is 35.6. The van der Waals surface area contributed by atoms with Crippen molar-refractivity contribution in [2.75, 3.05) is 0 Å². The number of carbonyl (C=O) groups excluding carboxylic acids is 4. The number of hydrogen-bond donors (Lipinski definition) is 5. The van der Waals surface area contributed by atoms with E-state index in [2.05, 4.69) is 20.8 Å². The third-order valence-corrected chi connectivity index (χ3v) is 18.5. The predicted molar refractivity (Wildman–Crippen MR) is 342 cm³/mol. The summed E-state index contributed by atoms with van der Waals surface area (Å²) in [6, 6.07) is 9.01. The van der Waals surface area contributed by atoms with E-state index >= 15 is 0 Å². The van der Waals surface area contributed by atoms with Gasteiger partial charge in [-0.3, -0.25) is 14.4 Å². The van der Waals surface area contributed by atoms with E-state index in [1.165, 1.54) is 37.8 Å². The maximum Gasteiger partial charge on any atom is 0.331 e. The first-order valence-corrected chi connectivity index (χ1v) is 35.6. The summed E-state index contributed by atoms with van der Waals surface area (Å²) in [5.41, 5.74) is 0.693. The third kappa shape index (κ3) is 25.1. The second kappa shape index (κ2) is 42.1. The average Bonchev–Trinajstić information content (AvgIpc) is 0.787. The first-order chi connectivity index (χ1) is 44.4. The fourth-order valence-electron chi connectivity index (χ4n) is 12.9. The highest BCUT2D eigenvalue weighted by molar-refractivity contribution is 5.87. The molecule has 0 radical (unpaired) electrons. The molecule has 526 valence electrons. The summed E-state index contributed by atoms with van der Waals surface area (Å²) in [5.74, 6) is -2.77. The largest absolute Gasteiger partial charge is 0.457 e. The quantitative estimate of drug-likeness (QED) is 0.0200. The van der Waals surface area contributed by atoms with Gasteiger partial charge >= 0.3 is 23.9 Å². The van der Waals surface area contributed by atoms with Crippen LogP contribution in [0.2, 0.25) is 0 Å². The maximum absolute atomic E-state index is 14.0. The van der Waals surface area contributed by atoms with Gasteiger partial charge in [0.05, 0.1) is 30.5 Å². The van der Waals surface area contributed by atoms with Crippen molar-refractivity contribution in [1.29, 1.82) is 0 Å². The van der Waals surface area contributed by atoms with Crippen LogP contribution in [0, 0.1) is 0 Å². The number of unbranched alkanes of at least 4 members (excludes halogenated alkanes) is 16. The van der Waals surface area contributed by atoms with Crippen molar-refractivity contribution in [1.82, 2.24) is 0 Å². The number of benzene rings is 1. The summed E-state index contributed by atoms with van der Waals surface area (Å²) >= 11 is 0. The maximum atomic E-state index is 14.0. The molecule has 92 heavy (non-hydrogen) atoms. The van der Waals surface area contributed by atoms with Crippen molar-refractivity contribution >= 4 is 30.0 Å². The minimum absolute atomic E-state index is 0.0109. The Balaban J connectivity index is 1.25. The molecule has 5 saturated heterocycles. The van der Waals surface area contributed by atoms with E-state index in [9.17, 15) is 44.7 Å². The molecule has 0 saturated carbocycles. The molecule has 5 aliphatic heterocycles. The lowest BCUT2D eigenvalue weighted by atomic mass is 9.95. The molecule has 5 N–H and O–H groups in total. The smallest absolute Gasteiger partial charge is 0.331 e. The minimum atomic E-state index is -1.87. The molecule has 5 heterocycles. The lowest BCUT2D eigenvalue weighted by Gasteiger charge is -2.49. The molecule has 0 spiro atoms. The Bertz CT molecular complexity index is 2260. The van der Waals surface area contributed by atoms with Gasteiger partial charge in [0.2, 0.25) is 0 Å². The molecule has 0 bridgehead atoms. The number of ether oxygens (including phenoxy) is 12. The van der Waals surface area contributed by atoms with E-state index in [1.54, 1.807) is 52.0 Å². The highest BCUT2D eigenvalue weighted by Crippen LogP contribution is 2.38. The molecule has 21 nitrogen and oxygen atoms in total. The van der Waals surface area contributed by atoms with Gasteiger partial charge in [0.1, 0.15) is 48.8 Å². The van der Waals surface area contributed by atoms with Crippen molar-refractivity contribution in [3.05, 3.63) is 42.0 Å². The van der Waals surface area contributed by atoms with E-state index in [4.69, 9.17) is 56.8 Å². The number of hydrogen-bond acceptors (Lipinski definition) is 21. The zero-order chi connectivity index (χ0) is 66.4. The number of fused-ring (bicyclic) bond motifs is 2. The summed E-state index contributed by atoms with van der Waals surface area (Å²) in [6.07, 6.45) is 0.148. The number of aliphatic hydroxyl groups excluding tert-OH is 5. The van der Waals surface area contributed by atoms with E-state index in [0.29, 0.717) is 24.8 Å². The van der Waals surface area contributed by atoms with Crippen LogP contribution in [0.3, 0.4) is 0 Å². The van der Waals surface area contributed by atoms with Gasteiger partial charge in [-0.25, -0.2) is 4.79 Å². The molecule has 21 atom stereocenters. The number of esters is 4. The molecule has 6 rings (SSSR count). The van der Waals surface area contributed by atoms with E-state index in [0.717, 1.165) is 135 Å². The van der Waals surface area contributed by atoms with Crippen LogP contribution in [0.25, 0.3) is 6.08 Å². The molecular formula is C71H116O21. The summed E-state index contributed by atoms with van der Waals surface area (Å²) in [4.78, 5) is 55.0. The van der Waals surface area contributed by atoms with Crippen LogP contribution in [0.4, 0.5) is 0 Å². The molecular weight excluding hydrogens is 1190 g/mol. The molecule has 21 heteroatoms. The van der Waals surface area contributed by atoms with Crippen molar-refractivity contribution < 1.29 is 102 Å². The van der Waals surface area contributed by atoms with Gasteiger partial charge in [-0.1, -0.05) is 199 Å². The van der Waals surface area contributed by atoms with E-state index in [-0.39, 0.29) is 25.4 Å². The molecule has 5 aliphatic rings. The van der Waals surface area contributed by atoms with Crippen LogP contribution in [0.1, 0.15) is 253 Å². The summed E-state index contributed by atoms with van der Waals surface area (Å²) in [6.45, 7) is 12.8. The van der Waals surface area contributed by atoms with Crippen LogP contribution < -0.4 is 0 Å². The Morgan fingerprint density at radius 2 is 0.978 bits per heavy atom. The van der Waals surface area contributed by atoms with Gasteiger partial charge in [0, 0.05) is 25.3 Å².